The molecule has 13 heavy (non-hydrogen) atoms. The minimum Gasteiger partial charge on any atom is -0.391 e. The zero-order valence-corrected chi connectivity index (χ0v) is 9.17. The van der Waals surface area contributed by atoms with E-state index in [9.17, 15) is 0 Å². The van der Waals surface area contributed by atoms with Crippen molar-refractivity contribution in [2.45, 2.75) is 45.8 Å². The average molecular weight is 190 g/mol. The second kappa shape index (κ2) is 6.35. The summed E-state index contributed by atoms with van der Waals surface area (Å²) in [5.74, 6) is 0. The topological polar surface area (TPSA) is 38.7 Å². The molecule has 1 atom stereocenters. The molecule has 0 saturated carbocycles. The number of rotatable bonds is 6. The Morgan fingerprint density at radius 1 is 1.23 bits per heavy atom. The third kappa shape index (κ3) is 11.9. The second-order valence-corrected chi connectivity index (χ2v) is 4.24. The van der Waals surface area contributed by atoms with Crippen molar-refractivity contribution in [2.24, 2.45) is 0 Å². The molecule has 0 bridgehead atoms. The Morgan fingerprint density at radius 3 is 2.31 bits per heavy atom. The summed E-state index contributed by atoms with van der Waals surface area (Å²) in [5, 5.41) is 8.88. The molecule has 0 aliphatic heterocycles. The molecule has 0 amide bonds. The predicted molar refractivity (Wildman–Crippen MR) is 52.8 cm³/mol. The van der Waals surface area contributed by atoms with E-state index in [0.717, 1.165) is 6.42 Å². The van der Waals surface area contributed by atoms with Crippen molar-refractivity contribution in [2.75, 3.05) is 19.8 Å². The summed E-state index contributed by atoms with van der Waals surface area (Å²) in [6.07, 6.45) is 0.507. The van der Waals surface area contributed by atoms with Crippen LogP contribution in [-0.4, -0.2) is 36.6 Å². The van der Waals surface area contributed by atoms with Gasteiger partial charge in [0, 0.05) is 13.2 Å². The second-order valence-electron chi connectivity index (χ2n) is 4.24. The summed E-state index contributed by atoms with van der Waals surface area (Å²) < 4.78 is 10.7. The maximum Gasteiger partial charge on any atom is 0.0745 e. The highest BCUT2D eigenvalue weighted by Gasteiger charge is 2.08. The Hall–Kier alpha value is -0.120. The largest absolute Gasteiger partial charge is 0.391 e. The SMILES string of the molecule is CC(O)COCCCOC(C)(C)C. The van der Waals surface area contributed by atoms with Crippen molar-refractivity contribution in [3.05, 3.63) is 0 Å². The molecular formula is C10H22O3. The van der Waals surface area contributed by atoms with Gasteiger partial charge in [-0.2, -0.15) is 0 Å². The fourth-order valence-electron chi connectivity index (χ4n) is 0.793. The molecule has 3 nitrogen and oxygen atoms in total. The first kappa shape index (κ1) is 12.9. The smallest absolute Gasteiger partial charge is 0.0745 e. The summed E-state index contributed by atoms with van der Waals surface area (Å²) in [7, 11) is 0. The first-order chi connectivity index (χ1) is 5.92. The fourth-order valence-corrected chi connectivity index (χ4v) is 0.793. The van der Waals surface area contributed by atoms with Crippen LogP contribution in [0.4, 0.5) is 0 Å². The van der Waals surface area contributed by atoms with Crippen LogP contribution >= 0.6 is 0 Å². The van der Waals surface area contributed by atoms with E-state index in [1.54, 1.807) is 6.92 Å². The number of hydrogen-bond donors (Lipinski definition) is 1. The lowest BCUT2D eigenvalue weighted by Gasteiger charge is -2.19. The van der Waals surface area contributed by atoms with Crippen LogP contribution in [0.2, 0.25) is 0 Å². The van der Waals surface area contributed by atoms with Crippen molar-refractivity contribution >= 4 is 0 Å². The van der Waals surface area contributed by atoms with Gasteiger partial charge in [-0.25, -0.2) is 0 Å². The zero-order chi connectivity index (χ0) is 10.3. The van der Waals surface area contributed by atoms with Crippen LogP contribution in [0.25, 0.3) is 0 Å². The Kier molecular flexibility index (Phi) is 6.29. The van der Waals surface area contributed by atoms with E-state index in [4.69, 9.17) is 14.6 Å². The van der Waals surface area contributed by atoms with Gasteiger partial charge in [-0.05, 0) is 34.1 Å². The standard InChI is InChI=1S/C10H22O3/c1-9(11)8-12-6-5-7-13-10(2,3)4/h9,11H,5-8H2,1-4H3. The van der Waals surface area contributed by atoms with Crippen molar-refractivity contribution in [3.63, 3.8) is 0 Å². The quantitative estimate of drug-likeness (QED) is 0.646. The molecular weight excluding hydrogens is 168 g/mol. The third-order valence-electron chi connectivity index (χ3n) is 1.33. The van der Waals surface area contributed by atoms with Crippen LogP contribution in [0.1, 0.15) is 34.1 Å². The molecule has 80 valence electrons. The summed E-state index contributed by atoms with van der Waals surface area (Å²) in [5.41, 5.74) is -0.0652. The maximum absolute atomic E-state index is 8.88. The Bertz CT molecular complexity index is 116. The van der Waals surface area contributed by atoms with Crippen LogP contribution < -0.4 is 0 Å². The van der Waals surface area contributed by atoms with E-state index >= 15 is 0 Å². The average Bonchev–Trinajstić information content (AvgIpc) is 1.93. The molecule has 1 unspecified atom stereocenters. The van der Waals surface area contributed by atoms with Gasteiger partial charge in [0.2, 0.25) is 0 Å². The molecule has 0 aromatic heterocycles. The number of aliphatic hydroxyl groups excluding tert-OH is 1. The summed E-state index contributed by atoms with van der Waals surface area (Å²) in [6, 6.07) is 0. The highest BCUT2D eigenvalue weighted by atomic mass is 16.5. The Balaban J connectivity index is 3.09. The molecule has 1 N–H and O–H groups in total. The van der Waals surface area contributed by atoms with Crippen molar-refractivity contribution in [1.29, 1.82) is 0 Å². The summed E-state index contributed by atoms with van der Waals surface area (Å²) in [6.45, 7) is 9.59. The van der Waals surface area contributed by atoms with Crippen LogP contribution in [-0.2, 0) is 9.47 Å². The lowest BCUT2D eigenvalue weighted by molar-refractivity contribution is -0.0200. The van der Waals surface area contributed by atoms with Gasteiger partial charge in [0.25, 0.3) is 0 Å². The minimum absolute atomic E-state index is 0.0652. The van der Waals surface area contributed by atoms with Crippen LogP contribution in [0.5, 0.6) is 0 Å². The van der Waals surface area contributed by atoms with Gasteiger partial charge in [0.1, 0.15) is 0 Å². The molecule has 0 rings (SSSR count). The Labute approximate surface area is 81.0 Å². The number of aliphatic hydroxyl groups is 1. The maximum atomic E-state index is 8.88. The summed E-state index contributed by atoms with van der Waals surface area (Å²) >= 11 is 0. The molecule has 0 radical (unpaired) electrons. The van der Waals surface area contributed by atoms with Gasteiger partial charge in [-0.1, -0.05) is 0 Å². The molecule has 0 spiro atoms. The van der Waals surface area contributed by atoms with Crippen LogP contribution in [0.3, 0.4) is 0 Å². The fraction of sp³-hybridized carbons (Fsp3) is 1.00. The lowest BCUT2D eigenvalue weighted by Crippen LogP contribution is -2.20. The van der Waals surface area contributed by atoms with E-state index in [0.29, 0.717) is 19.8 Å². The lowest BCUT2D eigenvalue weighted by atomic mass is 10.2. The highest BCUT2D eigenvalue weighted by Crippen LogP contribution is 2.06. The van der Waals surface area contributed by atoms with Gasteiger partial charge >= 0.3 is 0 Å². The molecule has 0 aliphatic carbocycles. The number of ether oxygens (including phenoxy) is 2. The van der Waals surface area contributed by atoms with Gasteiger partial charge in [0.15, 0.2) is 0 Å². The molecule has 0 fully saturated rings. The van der Waals surface area contributed by atoms with Gasteiger partial charge in [-0.15, -0.1) is 0 Å². The van der Waals surface area contributed by atoms with Gasteiger partial charge < -0.3 is 14.6 Å². The van der Waals surface area contributed by atoms with E-state index in [2.05, 4.69) is 0 Å². The molecule has 0 aliphatic rings. The zero-order valence-electron chi connectivity index (χ0n) is 9.17. The first-order valence-electron chi connectivity index (χ1n) is 4.81. The van der Waals surface area contributed by atoms with E-state index in [-0.39, 0.29) is 11.7 Å². The van der Waals surface area contributed by atoms with Crippen LogP contribution in [0, 0.1) is 0 Å². The minimum atomic E-state index is -0.372. The number of hydrogen-bond acceptors (Lipinski definition) is 3. The molecule has 0 aromatic rings. The molecule has 0 saturated heterocycles. The first-order valence-corrected chi connectivity index (χ1v) is 4.81. The van der Waals surface area contributed by atoms with Gasteiger partial charge in [-0.3, -0.25) is 0 Å². The highest BCUT2D eigenvalue weighted by molar-refractivity contribution is 4.58. The van der Waals surface area contributed by atoms with E-state index in [1.165, 1.54) is 0 Å². The normalized spacial score (nSPS) is 14.5. The predicted octanol–water partition coefficient (Wildman–Crippen LogP) is 1.59. The van der Waals surface area contributed by atoms with Gasteiger partial charge in [0.05, 0.1) is 18.3 Å². The van der Waals surface area contributed by atoms with Crippen molar-refractivity contribution in [1.82, 2.24) is 0 Å². The van der Waals surface area contributed by atoms with E-state index in [1.807, 2.05) is 20.8 Å². The van der Waals surface area contributed by atoms with E-state index < -0.39 is 0 Å². The van der Waals surface area contributed by atoms with Crippen molar-refractivity contribution in [3.8, 4) is 0 Å². The van der Waals surface area contributed by atoms with Crippen molar-refractivity contribution < 1.29 is 14.6 Å². The molecule has 0 aromatic carbocycles. The summed E-state index contributed by atoms with van der Waals surface area (Å²) in [4.78, 5) is 0. The molecule has 3 heteroatoms. The monoisotopic (exact) mass is 190 g/mol. The molecule has 0 heterocycles. The third-order valence-corrected chi connectivity index (χ3v) is 1.33. The van der Waals surface area contributed by atoms with Crippen LogP contribution in [0.15, 0.2) is 0 Å². The Morgan fingerprint density at radius 2 is 1.85 bits per heavy atom.